The van der Waals surface area contributed by atoms with Crippen LogP contribution in [-0.4, -0.2) is 74.9 Å². The third-order valence-electron chi connectivity index (χ3n) is 8.08. The number of carbonyl (C=O) groups is 2. The summed E-state index contributed by atoms with van der Waals surface area (Å²) in [4.78, 5) is 22.6. The fourth-order valence-electron chi connectivity index (χ4n) is 5.55. The van der Waals surface area contributed by atoms with E-state index in [4.69, 9.17) is 11.5 Å². The quantitative estimate of drug-likeness (QED) is 0.0524. The molecule has 0 fully saturated rings. The molecule has 2 aliphatic rings. The zero-order valence-corrected chi connectivity index (χ0v) is 42.7. The number of ketones is 2. The molecule has 0 spiro atoms. The first-order valence-corrected chi connectivity index (χ1v) is 20.7. The van der Waals surface area contributed by atoms with Crippen LogP contribution in [0.15, 0.2) is 103 Å². The standard InChI is InChI=1S/C32H24N6O14S4.4Na/c33-23-13-21(53(41,42)43)9-17-11-25(55(47,48)49)29(31(39)27(17)23)37-35-19-5-1-15(2-6-19)16-3-7-20(8-4-16)36-38-30-26(56(50,51)52)12-18-10-22(54(44,45)46)14-24(34)28(18)32(30)40;;;;/h1-14,35-36H,33-34H2,(H,41,42,43)(H,44,45,46)(H,47,48,49)(H,50,51,52);;;;/q;4*+1/p-4/b37-29-,38-30+;;;;. The van der Waals surface area contributed by atoms with Crippen molar-refractivity contribution < 1.29 is 180 Å². The Morgan fingerprint density at radius 2 is 0.767 bits per heavy atom. The summed E-state index contributed by atoms with van der Waals surface area (Å²) >= 11 is 0. The van der Waals surface area contributed by atoms with Gasteiger partial charge in [0.15, 0.2) is 0 Å². The Kier molecular flexibility index (Phi) is 18.1. The molecule has 20 nitrogen and oxygen atoms in total. The molecule has 290 valence electrons. The number of carbonyl (C=O) groups excluding carboxylic acids is 2. The molecule has 0 unspecified atom stereocenters. The molecule has 2 aliphatic carbocycles. The van der Waals surface area contributed by atoms with Crippen molar-refractivity contribution in [2.24, 2.45) is 10.2 Å². The van der Waals surface area contributed by atoms with Gasteiger partial charge in [0.05, 0.1) is 42.1 Å². The Morgan fingerprint density at radius 1 is 0.467 bits per heavy atom. The van der Waals surface area contributed by atoms with Crippen molar-refractivity contribution >= 4 is 98.4 Å². The molecule has 0 aliphatic heterocycles. The number of nitrogen functional groups attached to an aromatic ring is 2. The van der Waals surface area contributed by atoms with Gasteiger partial charge in [-0.25, -0.2) is 33.7 Å². The Bertz CT molecular complexity index is 2810. The van der Waals surface area contributed by atoms with Crippen molar-refractivity contribution in [3.05, 3.63) is 105 Å². The van der Waals surface area contributed by atoms with E-state index in [-0.39, 0.29) is 152 Å². The molecular formula is C32H20N6Na4O14S4. The molecule has 0 radical (unpaired) electrons. The molecule has 0 saturated carbocycles. The van der Waals surface area contributed by atoms with E-state index in [9.17, 15) is 61.5 Å². The minimum absolute atomic E-state index is 0. The van der Waals surface area contributed by atoms with Gasteiger partial charge in [-0.1, -0.05) is 24.3 Å². The van der Waals surface area contributed by atoms with Crippen LogP contribution < -0.4 is 141 Å². The Balaban J connectivity index is 0.00000310. The third-order valence-corrected chi connectivity index (χ3v) is 11.4. The molecular weight excluding hydrogens is 913 g/mol. The largest absolute Gasteiger partial charge is 1.00 e. The second-order valence-corrected chi connectivity index (χ2v) is 17.2. The van der Waals surface area contributed by atoms with Crippen LogP contribution in [0.4, 0.5) is 22.7 Å². The smallest absolute Gasteiger partial charge is 0.744 e. The predicted molar refractivity (Wildman–Crippen MR) is 196 cm³/mol. The second kappa shape index (κ2) is 20.2. The van der Waals surface area contributed by atoms with Gasteiger partial charge in [0.1, 0.15) is 51.9 Å². The van der Waals surface area contributed by atoms with Gasteiger partial charge in [-0.05, 0) is 82.9 Å². The summed E-state index contributed by atoms with van der Waals surface area (Å²) in [6.07, 6.45) is 1.37. The summed E-state index contributed by atoms with van der Waals surface area (Å²) < 4.78 is 141. The average molecular weight is 933 g/mol. The van der Waals surface area contributed by atoms with Crippen molar-refractivity contribution in [1.82, 2.24) is 0 Å². The van der Waals surface area contributed by atoms with Crippen LogP contribution in [0.2, 0.25) is 0 Å². The predicted octanol–water partition coefficient (Wildman–Crippen LogP) is -10.6. The molecule has 6 N–H and O–H groups in total. The topological polar surface area (TPSA) is 364 Å². The molecule has 0 atom stereocenters. The van der Waals surface area contributed by atoms with Crippen LogP contribution in [0, 0.1) is 0 Å². The van der Waals surface area contributed by atoms with Crippen LogP contribution in [-0.2, 0) is 40.5 Å². The fraction of sp³-hybridized carbons (Fsp3) is 0. The number of nitrogens with one attached hydrogen (secondary N) is 2. The SMILES string of the molecule is Nc1cc(S(=O)(=O)[O-])cc2c1C(=O)/C(=N/Nc1ccc(-c3ccc(N/N=C4\C(=O)c5c(N)cc(S(=O)(=O)[O-])cc5C=C4S(=O)(=O)[O-])cc3)cc1)C(S(=O)(=O)[O-])=C2.[Na+].[Na+].[Na+].[Na+]. The Hall–Kier alpha value is -2.12. The molecule has 0 bridgehead atoms. The van der Waals surface area contributed by atoms with E-state index < -0.39 is 94.4 Å². The van der Waals surface area contributed by atoms with Crippen molar-refractivity contribution in [3.63, 3.8) is 0 Å². The number of nitrogens with zero attached hydrogens (tertiary/aromatic N) is 2. The van der Waals surface area contributed by atoms with E-state index in [1.165, 1.54) is 24.3 Å². The van der Waals surface area contributed by atoms with Gasteiger partial charge in [0, 0.05) is 11.4 Å². The number of hydrogen-bond donors (Lipinski definition) is 4. The third kappa shape index (κ3) is 11.7. The van der Waals surface area contributed by atoms with Crippen LogP contribution in [0.3, 0.4) is 0 Å². The average Bonchev–Trinajstić information content (AvgIpc) is 3.09. The zero-order chi connectivity index (χ0) is 41.1. The van der Waals surface area contributed by atoms with Gasteiger partial charge < -0.3 is 29.7 Å². The number of Topliss-reactive ketones (excluding diaryl/α,β-unsaturated/α-hetero) is 2. The van der Waals surface area contributed by atoms with Crippen LogP contribution in [0.1, 0.15) is 31.8 Å². The number of nitrogens with two attached hydrogens (primary N) is 2. The molecule has 0 saturated heterocycles. The molecule has 0 aromatic heterocycles. The molecule has 4 aromatic carbocycles. The van der Waals surface area contributed by atoms with Gasteiger partial charge in [0.25, 0.3) is 0 Å². The molecule has 60 heavy (non-hydrogen) atoms. The summed E-state index contributed by atoms with van der Waals surface area (Å²) in [5.74, 6) is -2.27. The number of rotatable bonds is 9. The second-order valence-electron chi connectivity index (χ2n) is 11.7. The van der Waals surface area contributed by atoms with Crippen LogP contribution in [0.5, 0.6) is 0 Å². The van der Waals surface area contributed by atoms with Gasteiger partial charge in [-0.3, -0.25) is 20.4 Å². The number of benzene rings is 4. The Labute approximate surface area is 430 Å². The van der Waals surface area contributed by atoms with E-state index in [0.717, 1.165) is 12.1 Å². The van der Waals surface area contributed by atoms with E-state index in [1.807, 2.05) is 0 Å². The van der Waals surface area contributed by atoms with Gasteiger partial charge in [0.2, 0.25) is 11.6 Å². The number of allylic oxidation sites excluding steroid dienone is 2. The minimum Gasteiger partial charge on any atom is -0.744 e. The van der Waals surface area contributed by atoms with E-state index >= 15 is 0 Å². The number of anilines is 4. The normalized spacial score (nSPS) is 15.1. The number of fused-ring (bicyclic) bond motifs is 2. The van der Waals surface area contributed by atoms with E-state index in [1.54, 1.807) is 24.3 Å². The summed E-state index contributed by atoms with van der Waals surface area (Å²) in [7, 11) is -20.8. The molecule has 0 heterocycles. The molecule has 6 rings (SSSR count). The maximum Gasteiger partial charge on any atom is 1.00 e. The summed E-state index contributed by atoms with van der Waals surface area (Å²) in [6.45, 7) is 0. The maximum absolute atomic E-state index is 13.2. The number of hydrogen-bond acceptors (Lipinski definition) is 20. The monoisotopic (exact) mass is 932 g/mol. The van der Waals surface area contributed by atoms with Gasteiger partial charge >= 0.3 is 118 Å². The van der Waals surface area contributed by atoms with Crippen LogP contribution >= 0.6 is 0 Å². The molecule has 4 aromatic rings. The van der Waals surface area contributed by atoms with E-state index in [0.29, 0.717) is 35.4 Å². The van der Waals surface area contributed by atoms with Crippen molar-refractivity contribution in [2.75, 3.05) is 22.3 Å². The van der Waals surface area contributed by atoms with Gasteiger partial charge in [-0.15, -0.1) is 0 Å². The van der Waals surface area contributed by atoms with Crippen molar-refractivity contribution in [2.45, 2.75) is 9.79 Å². The summed E-state index contributed by atoms with van der Waals surface area (Å²) in [6, 6.07) is 15.1. The first kappa shape index (κ1) is 54.0. The maximum atomic E-state index is 13.2. The number of hydrazone groups is 2. The fourth-order valence-corrected chi connectivity index (χ4v) is 7.93. The summed E-state index contributed by atoms with van der Waals surface area (Å²) in [5, 5.41) is 7.62. The van der Waals surface area contributed by atoms with Crippen molar-refractivity contribution in [3.8, 4) is 11.1 Å². The molecule has 0 amide bonds. The Morgan fingerprint density at radius 3 is 1.03 bits per heavy atom. The van der Waals surface area contributed by atoms with E-state index in [2.05, 4.69) is 21.1 Å². The minimum atomic E-state index is -5.36. The summed E-state index contributed by atoms with van der Waals surface area (Å²) in [5.41, 5.74) is 14.0. The molecule has 28 heteroatoms. The van der Waals surface area contributed by atoms with Crippen molar-refractivity contribution in [1.29, 1.82) is 0 Å². The first-order chi connectivity index (χ1) is 25.9. The first-order valence-electron chi connectivity index (χ1n) is 15.1. The zero-order valence-electron chi connectivity index (χ0n) is 31.5. The van der Waals surface area contributed by atoms with Crippen LogP contribution in [0.25, 0.3) is 23.3 Å². The van der Waals surface area contributed by atoms with Gasteiger partial charge in [-0.2, -0.15) is 10.2 Å².